The van der Waals surface area contributed by atoms with Crippen molar-refractivity contribution >= 4 is 33.7 Å². The van der Waals surface area contributed by atoms with Gasteiger partial charge in [0.05, 0.1) is 35.1 Å². The van der Waals surface area contributed by atoms with Gasteiger partial charge in [-0.2, -0.15) is 0 Å². The van der Waals surface area contributed by atoms with Crippen molar-refractivity contribution in [3.8, 4) is 11.5 Å². The Morgan fingerprint density at radius 3 is 2.36 bits per heavy atom. The monoisotopic (exact) mass is 1010 g/mol. The lowest BCUT2D eigenvalue weighted by atomic mass is 9.42. The van der Waals surface area contributed by atoms with Crippen LogP contribution in [0.1, 0.15) is 169 Å². The van der Waals surface area contributed by atoms with Crippen molar-refractivity contribution in [2.45, 2.75) is 163 Å². The molecule has 8 aliphatic carbocycles. The topological polar surface area (TPSA) is 243 Å². The summed E-state index contributed by atoms with van der Waals surface area (Å²) >= 11 is 0. The van der Waals surface area contributed by atoms with Crippen molar-refractivity contribution in [3.63, 3.8) is 0 Å². The van der Waals surface area contributed by atoms with E-state index in [1.54, 1.807) is 43.7 Å². The number of aromatic nitrogens is 4. The first kappa shape index (κ1) is 45.5. The van der Waals surface area contributed by atoms with Crippen molar-refractivity contribution in [2.75, 3.05) is 11.9 Å². The van der Waals surface area contributed by atoms with Crippen molar-refractivity contribution in [1.29, 1.82) is 0 Å². The molecule has 3 aromatic heterocycles. The molecular formula is C60H63N5O10. The molecule has 1 saturated heterocycles. The number of imidazole rings is 1. The van der Waals surface area contributed by atoms with E-state index in [1.165, 1.54) is 6.07 Å². The minimum Gasteiger partial charge on any atom is -0.507 e. The Balaban J connectivity index is 1.04. The highest BCUT2D eigenvalue weighted by molar-refractivity contribution is 6.34. The quantitative estimate of drug-likeness (QED) is 0.0820. The van der Waals surface area contributed by atoms with Crippen LogP contribution in [0.25, 0.3) is 16.3 Å². The number of hydrogen-bond acceptors (Lipinski definition) is 13. The van der Waals surface area contributed by atoms with E-state index in [1.807, 2.05) is 6.20 Å². The summed E-state index contributed by atoms with van der Waals surface area (Å²) in [6, 6.07) is 8.58. The molecule has 5 aromatic rings. The van der Waals surface area contributed by atoms with Gasteiger partial charge in [0.25, 0.3) is 5.79 Å². The maximum Gasteiger partial charge on any atom is 0.261 e. The summed E-state index contributed by atoms with van der Waals surface area (Å²) in [5, 5.41) is 83.3. The third kappa shape index (κ3) is 5.29. The second-order valence-corrected chi connectivity index (χ2v) is 25.1. The van der Waals surface area contributed by atoms with Crippen molar-refractivity contribution in [1.82, 2.24) is 19.9 Å². The zero-order valence-corrected chi connectivity index (χ0v) is 42.0. The highest BCUT2D eigenvalue weighted by atomic mass is 16.7. The van der Waals surface area contributed by atoms with E-state index < -0.39 is 69.7 Å². The number of benzene rings is 2. The zero-order chi connectivity index (χ0) is 50.9. The molecule has 12 atom stereocenters. The number of anilines is 1. The minimum atomic E-state index is -2.44. The summed E-state index contributed by atoms with van der Waals surface area (Å²) < 4.78 is 14.9. The van der Waals surface area contributed by atoms with Gasteiger partial charge in [0, 0.05) is 68.9 Å². The number of aromatic amines is 2. The molecule has 388 valence electrons. The molecule has 4 aliphatic heterocycles. The fourth-order valence-electron chi connectivity index (χ4n) is 19.3. The average Bonchev–Trinajstić information content (AvgIpc) is 4.31. The second kappa shape index (κ2) is 14.9. The number of nitrogens with zero attached hydrogens (tertiary/aromatic N) is 2. The van der Waals surface area contributed by atoms with Gasteiger partial charge in [-0.25, -0.2) is 9.97 Å². The average molecular weight is 1010 g/mol. The number of carbonyl (C=O) groups is 2. The molecule has 2 aromatic carbocycles. The molecule has 12 unspecified atom stereocenters. The largest absolute Gasteiger partial charge is 0.507 e. The van der Waals surface area contributed by atoms with Crippen LogP contribution in [0.2, 0.25) is 0 Å². The molecule has 7 heterocycles. The number of ketones is 2. The molecular weight excluding hydrogens is 951 g/mol. The van der Waals surface area contributed by atoms with Gasteiger partial charge in [-0.05, 0) is 165 Å². The Morgan fingerprint density at radius 2 is 1.57 bits per heavy atom. The number of aliphatic hydroxyl groups is 5. The van der Waals surface area contributed by atoms with Gasteiger partial charge in [-0.1, -0.05) is 32.1 Å². The number of nitrogens with one attached hydrogen (secondary N) is 3. The summed E-state index contributed by atoms with van der Waals surface area (Å²) in [5.74, 6) is -4.43. The smallest absolute Gasteiger partial charge is 0.261 e. The minimum absolute atomic E-state index is 0.00530. The number of ether oxygens (including phenoxy) is 2. The number of H-pyrrole nitrogens is 2. The van der Waals surface area contributed by atoms with Crippen LogP contribution in [0.3, 0.4) is 0 Å². The Hall–Kier alpha value is -5.68. The number of fused-ring (bicyclic) bond motifs is 8. The first-order chi connectivity index (χ1) is 36.2. The number of pyridine rings is 1. The maximum atomic E-state index is 15.3. The Bertz CT molecular complexity index is 3440. The highest BCUT2D eigenvalue weighted by Gasteiger charge is 2.79. The SMILES string of the molecule is Cc1cc(O)c2c(c1)C(=O)c1c(c3cc4c(nccc14)NCC(O)C14C5=C6C7=CC8(O3)OC6(C(O)C(O)C8O)C(O)C3(CCC6(CCCC6)C3)C5CCC1CCC4c1cc(C3(c4cnc[nH]4)CCCCC3)[nH]c17)C2=O. The predicted molar refractivity (Wildman–Crippen MR) is 273 cm³/mol. The summed E-state index contributed by atoms with van der Waals surface area (Å²) in [4.78, 5) is 47.4. The van der Waals surface area contributed by atoms with Crippen LogP contribution in [-0.2, 0) is 10.2 Å². The molecule has 75 heavy (non-hydrogen) atoms. The van der Waals surface area contributed by atoms with Crippen LogP contribution in [0, 0.1) is 35.0 Å². The van der Waals surface area contributed by atoms with Crippen LogP contribution in [0.5, 0.6) is 11.5 Å². The lowest BCUT2D eigenvalue weighted by molar-refractivity contribution is -0.369. The number of aliphatic hydroxyl groups excluding tert-OH is 5. The number of hydrogen-bond donors (Lipinski definition) is 9. The normalized spacial score (nSPS) is 38.1. The third-order valence-electron chi connectivity index (χ3n) is 22.1. The van der Waals surface area contributed by atoms with Crippen LogP contribution < -0.4 is 10.1 Å². The van der Waals surface area contributed by atoms with E-state index in [4.69, 9.17) is 14.5 Å². The molecule has 6 fully saturated rings. The fraction of sp³-hybridized carbons (Fsp3) is 0.533. The molecule has 17 rings (SSSR count). The molecule has 8 bridgehead atoms. The van der Waals surface area contributed by atoms with Crippen LogP contribution >= 0.6 is 0 Å². The number of aromatic hydroxyl groups is 1. The Kier molecular flexibility index (Phi) is 9.02. The van der Waals surface area contributed by atoms with Gasteiger partial charge in [0.1, 0.15) is 29.5 Å². The molecule has 5 spiro atoms. The standard InChI is InChI=1S/C60H63N5O10/c1-28-19-33-42(37(66)20-28)49(69)44-38-21-31-30(43(44)48(33)68)11-18-62-53(31)63-25-41(67)59-29-7-9-35(59)32-22-39(56(14-3-2-4-15-56)40-24-61-27-64-40)65-47(32)34-23-58(74-38)51(71)50(70)52(72)60(75-58)45(34)46(59)36(10-8-29)57(54(60)73)17-16-55(26-57)12-5-6-13-55/h11,18-24,27,29,35-36,41,50-52,54,65-67,70-73H,2-10,12-17,25-26H2,1H3,(H,61,64)(H,62,63). The highest BCUT2D eigenvalue weighted by Crippen LogP contribution is 2.78. The summed E-state index contributed by atoms with van der Waals surface area (Å²) in [7, 11) is 0. The van der Waals surface area contributed by atoms with Crippen molar-refractivity contribution in [3.05, 3.63) is 117 Å². The molecule has 0 radical (unpaired) electrons. The summed E-state index contributed by atoms with van der Waals surface area (Å²) in [6.07, 6.45) is 12.9. The van der Waals surface area contributed by atoms with E-state index in [-0.39, 0.29) is 63.5 Å². The summed E-state index contributed by atoms with van der Waals surface area (Å²) in [5.41, 5.74) is 1.43. The molecule has 12 aliphatic rings. The van der Waals surface area contributed by atoms with E-state index >= 15 is 9.59 Å². The van der Waals surface area contributed by atoms with Crippen LogP contribution in [0.4, 0.5) is 5.82 Å². The molecule has 0 amide bonds. The number of rotatable bonds is 2. The summed E-state index contributed by atoms with van der Waals surface area (Å²) in [6.45, 7) is 1.77. The van der Waals surface area contributed by atoms with Gasteiger partial charge >= 0.3 is 0 Å². The van der Waals surface area contributed by atoms with Gasteiger partial charge in [0.15, 0.2) is 17.5 Å². The van der Waals surface area contributed by atoms with Gasteiger partial charge < -0.3 is 55.4 Å². The third-order valence-corrected chi connectivity index (χ3v) is 22.1. The lowest BCUT2D eigenvalue weighted by Gasteiger charge is -2.67. The maximum absolute atomic E-state index is 15.3. The van der Waals surface area contributed by atoms with E-state index in [0.717, 1.165) is 112 Å². The van der Waals surface area contributed by atoms with Gasteiger partial charge in [-0.15, -0.1) is 0 Å². The van der Waals surface area contributed by atoms with Crippen molar-refractivity contribution < 1.29 is 49.7 Å². The van der Waals surface area contributed by atoms with Gasteiger partial charge in [-0.3, -0.25) is 9.59 Å². The number of aryl methyl sites for hydroxylation is 1. The van der Waals surface area contributed by atoms with E-state index in [0.29, 0.717) is 51.8 Å². The Labute approximate surface area is 432 Å². The second-order valence-electron chi connectivity index (χ2n) is 25.1. The van der Waals surface area contributed by atoms with Crippen LogP contribution in [0.15, 0.2) is 66.3 Å². The first-order valence-electron chi connectivity index (χ1n) is 27.9. The van der Waals surface area contributed by atoms with Crippen LogP contribution in [-0.4, -0.2) is 111 Å². The first-order valence-corrected chi connectivity index (χ1v) is 27.9. The zero-order valence-electron chi connectivity index (χ0n) is 42.0. The lowest BCUT2D eigenvalue weighted by Crippen LogP contribution is -2.80. The molecule has 15 heteroatoms. The Morgan fingerprint density at radius 1 is 0.787 bits per heavy atom. The molecule has 9 N–H and O–H groups in total. The molecule has 15 nitrogen and oxygen atoms in total. The van der Waals surface area contributed by atoms with E-state index in [2.05, 4.69) is 26.3 Å². The fourth-order valence-corrected chi connectivity index (χ4v) is 19.3. The van der Waals surface area contributed by atoms with Crippen molar-refractivity contribution in [2.24, 2.45) is 28.1 Å². The van der Waals surface area contributed by atoms with Gasteiger partial charge in [0.2, 0.25) is 5.78 Å². The van der Waals surface area contributed by atoms with E-state index in [9.17, 15) is 30.6 Å². The number of carbonyl (C=O) groups excluding carboxylic acids is 2. The molecule has 5 saturated carbocycles. The predicted octanol–water partition coefficient (Wildman–Crippen LogP) is 7.44. The number of phenols is 1. The number of phenolic OH excluding ortho intramolecular Hbond substituents is 1.